The first-order valence-corrected chi connectivity index (χ1v) is 9.19. The van der Waals surface area contributed by atoms with E-state index in [0.29, 0.717) is 12.0 Å². The quantitative estimate of drug-likeness (QED) is 0.716. The summed E-state index contributed by atoms with van der Waals surface area (Å²) in [6, 6.07) is 3.77. The summed E-state index contributed by atoms with van der Waals surface area (Å²) in [5.41, 5.74) is 2.85. The SMILES string of the molecule is COC1C=CC(F)=CC1Nc1nccc(-c2cn(C(C)C)c3cnccc23)n1. The second-order valence-electron chi connectivity index (χ2n) is 6.98. The molecule has 0 aliphatic heterocycles. The molecule has 0 aromatic carbocycles. The van der Waals surface area contributed by atoms with E-state index in [1.165, 1.54) is 12.2 Å². The molecule has 2 atom stereocenters. The van der Waals surface area contributed by atoms with Crippen molar-refractivity contribution in [3.05, 3.63) is 61.0 Å². The first kappa shape index (κ1) is 18.3. The van der Waals surface area contributed by atoms with E-state index in [0.717, 1.165) is 22.2 Å². The highest BCUT2D eigenvalue weighted by Gasteiger charge is 2.22. The van der Waals surface area contributed by atoms with Crippen LogP contribution in [0.5, 0.6) is 0 Å². The van der Waals surface area contributed by atoms with Crippen LogP contribution in [0.15, 0.2) is 61.0 Å². The lowest BCUT2D eigenvalue weighted by Gasteiger charge is -2.24. The molecule has 1 aliphatic carbocycles. The molecule has 3 aromatic heterocycles. The number of pyridine rings is 1. The van der Waals surface area contributed by atoms with E-state index in [4.69, 9.17) is 4.74 Å². The third-order valence-corrected chi connectivity index (χ3v) is 4.83. The molecule has 0 bridgehead atoms. The lowest BCUT2D eigenvalue weighted by Crippen LogP contribution is -2.34. The lowest BCUT2D eigenvalue weighted by molar-refractivity contribution is 0.133. The van der Waals surface area contributed by atoms with Crippen LogP contribution >= 0.6 is 0 Å². The van der Waals surface area contributed by atoms with Gasteiger partial charge in [-0.2, -0.15) is 0 Å². The van der Waals surface area contributed by atoms with Gasteiger partial charge in [0.25, 0.3) is 0 Å². The Bertz CT molecular complexity index is 1060. The summed E-state index contributed by atoms with van der Waals surface area (Å²) in [7, 11) is 1.59. The molecule has 0 amide bonds. The van der Waals surface area contributed by atoms with E-state index in [1.54, 1.807) is 25.6 Å². The van der Waals surface area contributed by atoms with E-state index < -0.39 is 0 Å². The van der Waals surface area contributed by atoms with Crippen molar-refractivity contribution in [2.45, 2.75) is 32.0 Å². The molecule has 1 N–H and O–H groups in total. The molecule has 4 rings (SSSR count). The van der Waals surface area contributed by atoms with Gasteiger partial charge in [0.2, 0.25) is 5.95 Å². The third kappa shape index (κ3) is 3.41. The number of ether oxygens (including phenoxy) is 1. The summed E-state index contributed by atoms with van der Waals surface area (Å²) >= 11 is 0. The molecule has 7 heteroatoms. The van der Waals surface area contributed by atoms with Crippen molar-refractivity contribution in [3.63, 3.8) is 0 Å². The maximum Gasteiger partial charge on any atom is 0.223 e. The van der Waals surface area contributed by atoms with Gasteiger partial charge in [-0.1, -0.05) is 6.08 Å². The highest BCUT2D eigenvalue weighted by atomic mass is 19.1. The number of anilines is 1. The maximum atomic E-state index is 13.7. The zero-order valence-corrected chi connectivity index (χ0v) is 16.0. The highest BCUT2D eigenvalue weighted by molar-refractivity contribution is 5.94. The summed E-state index contributed by atoms with van der Waals surface area (Å²) < 4.78 is 21.3. The largest absolute Gasteiger partial charge is 0.375 e. The van der Waals surface area contributed by atoms with Crippen LogP contribution in [0.3, 0.4) is 0 Å². The van der Waals surface area contributed by atoms with Crippen molar-refractivity contribution in [1.29, 1.82) is 0 Å². The summed E-state index contributed by atoms with van der Waals surface area (Å²) in [5.74, 6) is 0.109. The van der Waals surface area contributed by atoms with Crippen molar-refractivity contribution in [3.8, 4) is 11.3 Å². The van der Waals surface area contributed by atoms with Crippen molar-refractivity contribution >= 4 is 16.9 Å². The zero-order valence-electron chi connectivity index (χ0n) is 16.0. The van der Waals surface area contributed by atoms with Gasteiger partial charge in [-0.3, -0.25) is 4.98 Å². The molecule has 28 heavy (non-hydrogen) atoms. The summed E-state index contributed by atoms with van der Waals surface area (Å²) in [6.45, 7) is 4.26. The number of nitrogens with zero attached hydrogens (tertiary/aromatic N) is 4. The minimum Gasteiger partial charge on any atom is -0.375 e. The van der Waals surface area contributed by atoms with Crippen LogP contribution in [-0.4, -0.2) is 38.8 Å². The van der Waals surface area contributed by atoms with Crippen LogP contribution in [-0.2, 0) is 4.74 Å². The van der Waals surface area contributed by atoms with Crippen molar-refractivity contribution in [1.82, 2.24) is 19.5 Å². The smallest absolute Gasteiger partial charge is 0.223 e. The molecular weight excluding hydrogens is 357 g/mol. The second kappa shape index (κ2) is 7.52. The molecule has 3 heterocycles. The van der Waals surface area contributed by atoms with Crippen LogP contribution < -0.4 is 5.32 Å². The Kier molecular flexibility index (Phi) is 4.92. The van der Waals surface area contributed by atoms with Gasteiger partial charge in [0.15, 0.2) is 0 Å². The van der Waals surface area contributed by atoms with E-state index in [-0.39, 0.29) is 18.0 Å². The normalized spacial score (nSPS) is 19.2. The average Bonchev–Trinajstić information content (AvgIpc) is 3.08. The Balaban J connectivity index is 1.70. The monoisotopic (exact) mass is 379 g/mol. The number of halogens is 1. The summed E-state index contributed by atoms with van der Waals surface area (Å²) in [4.78, 5) is 13.2. The number of fused-ring (bicyclic) bond motifs is 1. The first-order chi connectivity index (χ1) is 13.6. The van der Waals surface area contributed by atoms with Gasteiger partial charge in [-0.05, 0) is 38.1 Å². The van der Waals surface area contributed by atoms with Crippen molar-refractivity contribution in [2.75, 3.05) is 12.4 Å². The van der Waals surface area contributed by atoms with Gasteiger partial charge in [-0.15, -0.1) is 0 Å². The zero-order chi connectivity index (χ0) is 19.7. The molecule has 0 saturated heterocycles. The van der Waals surface area contributed by atoms with Crippen LogP contribution in [0.4, 0.5) is 10.3 Å². The number of allylic oxidation sites excluding steroid dienone is 2. The van der Waals surface area contributed by atoms with Crippen molar-refractivity contribution < 1.29 is 9.13 Å². The number of hydrogen-bond acceptors (Lipinski definition) is 5. The minimum absolute atomic E-state index is 0.291. The van der Waals surface area contributed by atoms with Gasteiger partial charge >= 0.3 is 0 Å². The number of methoxy groups -OCH3 is 1. The van der Waals surface area contributed by atoms with E-state index >= 15 is 0 Å². The molecular formula is C21H22FN5O. The van der Waals surface area contributed by atoms with Crippen molar-refractivity contribution in [2.24, 2.45) is 0 Å². The molecule has 0 spiro atoms. The van der Waals surface area contributed by atoms with Gasteiger partial charge in [0.05, 0.1) is 29.6 Å². The fourth-order valence-corrected chi connectivity index (χ4v) is 3.43. The van der Waals surface area contributed by atoms with Gasteiger partial charge < -0.3 is 14.6 Å². The van der Waals surface area contributed by atoms with Crippen LogP contribution in [0.1, 0.15) is 19.9 Å². The molecule has 144 valence electrons. The lowest BCUT2D eigenvalue weighted by atomic mass is 10.1. The number of aromatic nitrogens is 4. The minimum atomic E-state index is -0.383. The van der Waals surface area contributed by atoms with E-state index in [2.05, 4.69) is 44.9 Å². The van der Waals surface area contributed by atoms with Gasteiger partial charge in [0, 0.05) is 42.7 Å². The predicted octanol–water partition coefficient (Wildman–Crippen LogP) is 4.29. The van der Waals surface area contributed by atoms with Gasteiger partial charge in [-0.25, -0.2) is 14.4 Å². The second-order valence-corrected chi connectivity index (χ2v) is 6.98. The summed E-state index contributed by atoms with van der Waals surface area (Å²) in [6.07, 6.45) is 11.7. The topological polar surface area (TPSA) is 64.9 Å². The fourth-order valence-electron chi connectivity index (χ4n) is 3.43. The number of rotatable bonds is 5. The molecule has 0 saturated carbocycles. The Hall–Kier alpha value is -3.06. The molecule has 0 radical (unpaired) electrons. The average molecular weight is 379 g/mol. The Morgan fingerprint density at radius 1 is 1.25 bits per heavy atom. The summed E-state index contributed by atoms with van der Waals surface area (Å²) in [5, 5.41) is 4.24. The highest BCUT2D eigenvalue weighted by Crippen LogP contribution is 2.31. The third-order valence-electron chi connectivity index (χ3n) is 4.83. The van der Waals surface area contributed by atoms with Crippen LogP contribution in [0, 0.1) is 0 Å². The van der Waals surface area contributed by atoms with E-state index in [9.17, 15) is 4.39 Å². The van der Waals surface area contributed by atoms with Crippen LogP contribution in [0.25, 0.3) is 22.2 Å². The fraction of sp³-hybridized carbons (Fsp3) is 0.286. The molecule has 2 unspecified atom stereocenters. The van der Waals surface area contributed by atoms with E-state index in [1.807, 2.05) is 18.3 Å². The maximum absolute atomic E-state index is 13.7. The first-order valence-electron chi connectivity index (χ1n) is 9.19. The molecule has 3 aromatic rings. The van der Waals surface area contributed by atoms with Crippen LogP contribution in [0.2, 0.25) is 0 Å². The van der Waals surface area contributed by atoms with Gasteiger partial charge in [0.1, 0.15) is 5.83 Å². The number of hydrogen-bond donors (Lipinski definition) is 1. The molecule has 6 nitrogen and oxygen atoms in total. The Morgan fingerprint density at radius 2 is 2.11 bits per heavy atom. The molecule has 0 fully saturated rings. The standard InChI is InChI=1S/C21H22FN5O/c1-13(2)27-12-16(15-6-8-23-11-19(15)27)17-7-9-24-21(25-17)26-18-10-14(22)4-5-20(18)28-3/h4-13,18,20H,1-3H3,(H,24,25,26). The molecule has 1 aliphatic rings. The Morgan fingerprint density at radius 3 is 2.89 bits per heavy atom. The predicted molar refractivity (Wildman–Crippen MR) is 108 cm³/mol. The number of nitrogens with one attached hydrogen (secondary N) is 1. The Labute approximate surface area is 162 Å².